The Bertz CT molecular complexity index is 1060. The Kier molecular flexibility index (Phi) is 9.14. The van der Waals surface area contributed by atoms with Crippen LogP contribution in [0, 0.1) is 0 Å². The minimum Gasteiger partial charge on any atom is -0.507 e. The summed E-state index contributed by atoms with van der Waals surface area (Å²) >= 11 is 0. The number of aliphatic hydroxyl groups is 1. The molecule has 8 nitrogen and oxygen atoms in total. The second kappa shape index (κ2) is 12.3. The Hall–Kier alpha value is -3.52. The quantitative estimate of drug-likeness (QED) is 0.273. The van der Waals surface area contributed by atoms with E-state index in [1.807, 2.05) is 20.8 Å². The average Bonchev–Trinajstić information content (AvgIpc) is 3.11. The summed E-state index contributed by atoms with van der Waals surface area (Å²) in [6, 6.07) is 11.4. The molecule has 0 saturated carbocycles. The highest BCUT2D eigenvalue weighted by Gasteiger charge is 2.46. The molecular weight excluding hydrogens is 450 g/mol. The van der Waals surface area contributed by atoms with Crippen LogP contribution in [0.5, 0.6) is 17.2 Å². The first kappa shape index (κ1) is 26.1. The zero-order chi connectivity index (χ0) is 25.4. The van der Waals surface area contributed by atoms with Crippen molar-refractivity contribution in [2.24, 2.45) is 0 Å². The average molecular weight is 484 g/mol. The molecule has 2 aromatic rings. The molecule has 0 aromatic heterocycles. The van der Waals surface area contributed by atoms with E-state index in [2.05, 4.69) is 0 Å². The first-order valence-corrected chi connectivity index (χ1v) is 11.9. The second-order valence-electron chi connectivity index (χ2n) is 7.93. The number of amides is 1. The van der Waals surface area contributed by atoms with E-state index < -0.39 is 17.7 Å². The van der Waals surface area contributed by atoms with Crippen molar-refractivity contribution in [2.75, 3.05) is 40.1 Å². The van der Waals surface area contributed by atoms with Gasteiger partial charge in [0.15, 0.2) is 0 Å². The molecule has 0 bridgehead atoms. The fourth-order valence-corrected chi connectivity index (χ4v) is 3.99. The zero-order valence-electron chi connectivity index (χ0n) is 20.7. The first-order chi connectivity index (χ1) is 17.0. The lowest BCUT2D eigenvalue weighted by Crippen LogP contribution is -2.32. The van der Waals surface area contributed by atoms with Crippen molar-refractivity contribution >= 4 is 17.4 Å². The van der Waals surface area contributed by atoms with Crippen LogP contribution in [0.2, 0.25) is 0 Å². The third kappa shape index (κ3) is 5.77. The van der Waals surface area contributed by atoms with Crippen molar-refractivity contribution < 1.29 is 33.6 Å². The lowest BCUT2D eigenvalue weighted by atomic mass is 9.95. The predicted octanol–water partition coefficient (Wildman–Crippen LogP) is 4.34. The van der Waals surface area contributed by atoms with Gasteiger partial charge >= 0.3 is 0 Å². The number of Topliss-reactive ketones (excluding diaryl/α,β-unsaturated/α-hetero) is 1. The van der Waals surface area contributed by atoms with Gasteiger partial charge in [-0.2, -0.15) is 0 Å². The van der Waals surface area contributed by atoms with Gasteiger partial charge in [-0.3, -0.25) is 9.59 Å². The van der Waals surface area contributed by atoms with Crippen LogP contribution in [0.1, 0.15) is 44.4 Å². The van der Waals surface area contributed by atoms with Gasteiger partial charge in [-0.1, -0.05) is 19.1 Å². The number of carbonyl (C=O) groups is 2. The summed E-state index contributed by atoms with van der Waals surface area (Å²) in [6.45, 7) is 7.56. The van der Waals surface area contributed by atoms with Crippen molar-refractivity contribution in [1.82, 2.24) is 4.90 Å². The van der Waals surface area contributed by atoms with Crippen molar-refractivity contribution in [3.63, 3.8) is 0 Å². The van der Waals surface area contributed by atoms with Crippen molar-refractivity contribution in [2.45, 2.75) is 33.2 Å². The van der Waals surface area contributed by atoms with E-state index in [-0.39, 0.29) is 24.5 Å². The summed E-state index contributed by atoms with van der Waals surface area (Å²) in [5.74, 6) is -0.121. The van der Waals surface area contributed by atoms with Gasteiger partial charge in [0.25, 0.3) is 11.7 Å². The Morgan fingerprint density at radius 3 is 2.23 bits per heavy atom. The summed E-state index contributed by atoms with van der Waals surface area (Å²) in [5, 5.41) is 11.4. The van der Waals surface area contributed by atoms with Gasteiger partial charge in [0.2, 0.25) is 0 Å². The molecular formula is C27H33NO7. The SMILES string of the molecule is CCCOc1ccc(C2/C(=C(/O)c3ccc(OCC)cc3OCC)C(=O)C(=O)N2CCOC)cc1. The number of methoxy groups -OCH3 is 1. The van der Waals surface area contributed by atoms with Gasteiger partial charge in [-0.15, -0.1) is 0 Å². The molecule has 1 N–H and O–H groups in total. The van der Waals surface area contributed by atoms with Crippen LogP contribution in [0.4, 0.5) is 0 Å². The molecule has 1 heterocycles. The smallest absolute Gasteiger partial charge is 0.295 e. The number of hydrogen-bond acceptors (Lipinski definition) is 7. The van der Waals surface area contributed by atoms with Gasteiger partial charge in [0.05, 0.1) is 43.6 Å². The molecule has 35 heavy (non-hydrogen) atoms. The Labute approximate surface area is 206 Å². The van der Waals surface area contributed by atoms with E-state index in [1.165, 1.54) is 12.0 Å². The zero-order valence-corrected chi connectivity index (χ0v) is 20.7. The Morgan fingerprint density at radius 1 is 0.914 bits per heavy atom. The van der Waals surface area contributed by atoms with Crippen LogP contribution in [0.3, 0.4) is 0 Å². The third-order valence-electron chi connectivity index (χ3n) is 5.56. The number of carbonyl (C=O) groups excluding carboxylic acids is 2. The molecule has 0 aliphatic carbocycles. The van der Waals surface area contributed by atoms with E-state index in [1.54, 1.807) is 42.5 Å². The molecule has 1 saturated heterocycles. The molecule has 1 atom stereocenters. The summed E-state index contributed by atoms with van der Waals surface area (Å²) in [7, 11) is 1.53. The van der Waals surface area contributed by atoms with Gasteiger partial charge in [0, 0.05) is 19.7 Å². The maximum Gasteiger partial charge on any atom is 0.295 e. The number of rotatable bonds is 12. The minimum atomic E-state index is -0.786. The molecule has 1 aliphatic rings. The van der Waals surface area contributed by atoms with Crippen LogP contribution in [0.25, 0.3) is 5.76 Å². The second-order valence-corrected chi connectivity index (χ2v) is 7.93. The first-order valence-electron chi connectivity index (χ1n) is 11.9. The number of ketones is 1. The largest absolute Gasteiger partial charge is 0.507 e. The molecule has 1 fully saturated rings. The third-order valence-corrected chi connectivity index (χ3v) is 5.56. The summed E-state index contributed by atoms with van der Waals surface area (Å²) < 4.78 is 22.1. The molecule has 8 heteroatoms. The lowest BCUT2D eigenvalue weighted by Gasteiger charge is -2.25. The van der Waals surface area contributed by atoms with E-state index in [0.717, 1.165) is 6.42 Å². The van der Waals surface area contributed by atoms with E-state index in [0.29, 0.717) is 48.2 Å². The van der Waals surface area contributed by atoms with Crippen LogP contribution < -0.4 is 14.2 Å². The van der Waals surface area contributed by atoms with Crippen LogP contribution in [-0.2, 0) is 14.3 Å². The molecule has 1 amide bonds. The highest BCUT2D eigenvalue weighted by atomic mass is 16.5. The van der Waals surface area contributed by atoms with Gasteiger partial charge in [-0.05, 0) is 50.1 Å². The fourth-order valence-electron chi connectivity index (χ4n) is 3.99. The lowest BCUT2D eigenvalue weighted by molar-refractivity contribution is -0.140. The molecule has 1 aliphatic heterocycles. The van der Waals surface area contributed by atoms with E-state index in [9.17, 15) is 14.7 Å². The highest BCUT2D eigenvalue weighted by Crippen LogP contribution is 2.41. The summed E-state index contributed by atoms with van der Waals surface area (Å²) in [4.78, 5) is 27.6. The molecule has 2 aromatic carbocycles. The summed E-state index contributed by atoms with van der Waals surface area (Å²) in [6.07, 6.45) is 0.878. The normalized spacial score (nSPS) is 17.0. The number of benzene rings is 2. The minimum absolute atomic E-state index is 0.00144. The molecule has 3 rings (SSSR count). The topological polar surface area (TPSA) is 94.5 Å². The maximum atomic E-state index is 13.2. The molecule has 0 radical (unpaired) electrons. The number of hydrogen-bond donors (Lipinski definition) is 1. The van der Waals surface area contributed by atoms with Crippen LogP contribution in [-0.4, -0.2) is 61.8 Å². The highest BCUT2D eigenvalue weighted by molar-refractivity contribution is 6.46. The van der Waals surface area contributed by atoms with Gasteiger partial charge in [0.1, 0.15) is 23.0 Å². The number of nitrogens with zero attached hydrogens (tertiary/aromatic N) is 1. The molecule has 188 valence electrons. The summed E-state index contributed by atoms with van der Waals surface area (Å²) in [5.41, 5.74) is 0.987. The van der Waals surface area contributed by atoms with Crippen molar-refractivity contribution in [1.29, 1.82) is 0 Å². The molecule has 0 spiro atoms. The van der Waals surface area contributed by atoms with E-state index >= 15 is 0 Å². The maximum absolute atomic E-state index is 13.2. The Balaban J connectivity index is 2.12. The Morgan fingerprint density at radius 2 is 1.60 bits per heavy atom. The van der Waals surface area contributed by atoms with Crippen LogP contribution in [0.15, 0.2) is 48.0 Å². The fraction of sp³-hybridized carbons (Fsp3) is 0.407. The number of aliphatic hydroxyl groups excluding tert-OH is 1. The molecule has 1 unspecified atom stereocenters. The van der Waals surface area contributed by atoms with Crippen LogP contribution >= 0.6 is 0 Å². The van der Waals surface area contributed by atoms with Crippen molar-refractivity contribution in [3.8, 4) is 17.2 Å². The number of ether oxygens (including phenoxy) is 4. The monoisotopic (exact) mass is 483 g/mol. The predicted molar refractivity (Wildman–Crippen MR) is 132 cm³/mol. The standard InChI is InChI=1S/C27H33NO7/c1-5-15-35-19-10-8-18(9-11-19)24-23(26(30)27(31)28(24)14-16-32-4)25(29)21-13-12-20(33-6-2)17-22(21)34-7-3/h8-13,17,24,29H,5-7,14-16H2,1-4H3/b25-23-. The van der Waals surface area contributed by atoms with Gasteiger partial charge < -0.3 is 29.0 Å². The van der Waals surface area contributed by atoms with Gasteiger partial charge in [-0.25, -0.2) is 0 Å². The van der Waals surface area contributed by atoms with E-state index in [4.69, 9.17) is 18.9 Å². The van der Waals surface area contributed by atoms with Crippen molar-refractivity contribution in [3.05, 3.63) is 59.2 Å². The number of likely N-dealkylation sites (tertiary alicyclic amines) is 1.